The lowest BCUT2D eigenvalue weighted by Crippen LogP contribution is -2.47. The second-order valence-electron chi connectivity index (χ2n) is 11.1. The Morgan fingerprint density at radius 2 is 0.769 bits per heavy atom. The zero-order chi connectivity index (χ0) is 38.6. The van der Waals surface area contributed by atoms with Gasteiger partial charge in [0, 0.05) is 49.7 Å². The topological polar surface area (TPSA) is 196 Å². The highest BCUT2D eigenvalue weighted by Crippen LogP contribution is 2.42. The van der Waals surface area contributed by atoms with E-state index < -0.39 is 20.2 Å². The predicted octanol–water partition coefficient (Wildman–Crippen LogP) is 4.20. The molecule has 1 aliphatic heterocycles. The number of nitrogens with zero attached hydrogens (tertiary/aromatic N) is 4. The lowest BCUT2D eigenvalue weighted by Gasteiger charge is -2.36. The van der Waals surface area contributed by atoms with E-state index >= 15 is 0 Å². The SMILES string of the molecule is COc1cc(-c2ccc(N3CCN(c4ccc(-c5cc(OC)c(OC)c(OC)c5)cn4)CC3)nc2)cc(OC)c1OC.CS(=O)(=O)O.CS(=O)(=O)O. The number of ether oxygens (including phenoxy) is 6. The van der Waals surface area contributed by atoms with E-state index in [0.29, 0.717) is 47.0 Å². The highest BCUT2D eigenvalue weighted by atomic mass is 32.2. The summed E-state index contributed by atoms with van der Waals surface area (Å²) in [5.74, 6) is 5.45. The van der Waals surface area contributed by atoms with Crippen molar-refractivity contribution in [2.24, 2.45) is 0 Å². The van der Waals surface area contributed by atoms with E-state index in [2.05, 4.69) is 34.1 Å². The fourth-order valence-electron chi connectivity index (χ4n) is 5.15. The van der Waals surface area contributed by atoms with E-state index in [1.165, 1.54) is 0 Å². The average Bonchev–Trinajstić information content (AvgIpc) is 3.12. The van der Waals surface area contributed by atoms with Gasteiger partial charge in [0.15, 0.2) is 23.0 Å². The van der Waals surface area contributed by atoms with Crippen LogP contribution < -0.4 is 38.2 Å². The van der Waals surface area contributed by atoms with Crippen LogP contribution in [0.25, 0.3) is 22.3 Å². The molecular formula is C34H44N4O12S2. The van der Waals surface area contributed by atoms with Crippen LogP contribution in [0.4, 0.5) is 11.6 Å². The lowest BCUT2D eigenvalue weighted by molar-refractivity contribution is 0.324. The number of anilines is 2. The molecule has 0 atom stereocenters. The molecule has 2 aromatic heterocycles. The number of methoxy groups -OCH3 is 6. The Balaban J connectivity index is 0.000000644. The van der Waals surface area contributed by atoms with Crippen LogP contribution in [0, 0.1) is 0 Å². The maximum Gasteiger partial charge on any atom is 0.261 e. The first-order valence-electron chi connectivity index (χ1n) is 15.4. The van der Waals surface area contributed by atoms with Crippen molar-refractivity contribution in [3.8, 4) is 56.8 Å². The van der Waals surface area contributed by atoms with Crippen LogP contribution in [0.3, 0.4) is 0 Å². The Morgan fingerprint density at radius 1 is 0.500 bits per heavy atom. The van der Waals surface area contributed by atoms with Gasteiger partial charge in [0.2, 0.25) is 11.5 Å². The summed E-state index contributed by atoms with van der Waals surface area (Å²) < 4.78 is 84.6. The Morgan fingerprint density at radius 3 is 0.962 bits per heavy atom. The smallest absolute Gasteiger partial charge is 0.261 e. The molecule has 4 aromatic rings. The van der Waals surface area contributed by atoms with Crippen LogP contribution in [0.2, 0.25) is 0 Å². The van der Waals surface area contributed by atoms with Crippen LogP contribution in [0.5, 0.6) is 34.5 Å². The summed E-state index contributed by atoms with van der Waals surface area (Å²) in [6.07, 6.45) is 5.19. The van der Waals surface area contributed by atoms with Gasteiger partial charge < -0.3 is 38.2 Å². The number of aromatic nitrogens is 2. The summed E-state index contributed by atoms with van der Waals surface area (Å²) in [6, 6.07) is 16.0. The maximum absolute atomic E-state index is 9.19. The van der Waals surface area contributed by atoms with Crippen molar-refractivity contribution < 1.29 is 54.4 Å². The highest BCUT2D eigenvalue weighted by Gasteiger charge is 2.21. The largest absolute Gasteiger partial charge is 0.493 e. The molecule has 0 spiro atoms. The van der Waals surface area contributed by atoms with Crippen molar-refractivity contribution in [2.75, 3.05) is 91.1 Å². The Kier molecular flexibility index (Phi) is 14.7. The van der Waals surface area contributed by atoms with Crippen molar-refractivity contribution in [3.63, 3.8) is 0 Å². The van der Waals surface area contributed by atoms with E-state index in [9.17, 15) is 16.8 Å². The zero-order valence-corrected chi connectivity index (χ0v) is 31.8. The molecule has 0 unspecified atom stereocenters. The molecule has 18 heteroatoms. The first-order valence-corrected chi connectivity index (χ1v) is 19.1. The van der Waals surface area contributed by atoms with Gasteiger partial charge in [-0.1, -0.05) is 0 Å². The predicted molar refractivity (Wildman–Crippen MR) is 198 cm³/mol. The van der Waals surface area contributed by atoms with Crippen molar-refractivity contribution in [3.05, 3.63) is 60.9 Å². The van der Waals surface area contributed by atoms with Crippen molar-refractivity contribution in [1.82, 2.24) is 9.97 Å². The van der Waals surface area contributed by atoms with Gasteiger partial charge in [-0.2, -0.15) is 16.8 Å². The minimum atomic E-state index is -3.67. The number of hydrogen-bond donors (Lipinski definition) is 2. The third-order valence-corrected chi connectivity index (χ3v) is 7.42. The monoisotopic (exact) mass is 764 g/mol. The molecule has 0 bridgehead atoms. The molecule has 0 aliphatic carbocycles. The molecule has 5 rings (SSSR count). The average molecular weight is 765 g/mol. The van der Waals surface area contributed by atoms with Gasteiger partial charge in [0.25, 0.3) is 20.2 Å². The number of hydrogen-bond acceptors (Lipinski definition) is 14. The van der Waals surface area contributed by atoms with Crippen LogP contribution in [-0.4, -0.2) is 117 Å². The molecule has 0 amide bonds. The highest BCUT2D eigenvalue weighted by molar-refractivity contribution is 7.85. The molecular weight excluding hydrogens is 721 g/mol. The fourth-order valence-corrected chi connectivity index (χ4v) is 5.15. The number of benzene rings is 2. The van der Waals surface area contributed by atoms with Crippen molar-refractivity contribution >= 4 is 31.9 Å². The first kappa shape index (κ1) is 41.4. The van der Waals surface area contributed by atoms with Crippen LogP contribution in [-0.2, 0) is 20.2 Å². The molecule has 284 valence electrons. The van der Waals surface area contributed by atoms with E-state index in [4.69, 9.17) is 47.5 Å². The van der Waals surface area contributed by atoms with Gasteiger partial charge >= 0.3 is 0 Å². The number of pyridine rings is 2. The van der Waals surface area contributed by atoms with Crippen molar-refractivity contribution in [1.29, 1.82) is 0 Å². The van der Waals surface area contributed by atoms with E-state index in [0.717, 1.165) is 60.1 Å². The van der Waals surface area contributed by atoms with Gasteiger partial charge in [-0.3, -0.25) is 9.11 Å². The summed E-state index contributed by atoms with van der Waals surface area (Å²) >= 11 is 0. The third-order valence-electron chi connectivity index (χ3n) is 7.42. The summed E-state index contributed by atoms with van der Waals surface area (Å²) in [4.78, 5) is 14.1. The van der Waals surface area contributed by atoms with Crippen LogP contribution in [0.15, 0.2) is 60.9 Å². The minimum absolute atomic E-state index is 0.566. The third kappa shape index (κ3) is 12.0. The molecule has 2 aromatic carbocycles. The fraction of sp³-hybridized carbons (Fsp3) is 0.353. The molecule has 0 saturated carbocycles. The van der Waals surface area contributed by atoms with Gasteiger partial charge in [0.1, 0.15) is 11.6 Å². The Bertz CT molecular complexity index is 1780. The maximum atomic E-state index is 9.19. The van der Waals surface area contributed by atoms with Crippen molar-refractivity contribution in [2.45, 2.75) is 0 Å². The molecule has 1 fully saturated rings. The van der Waals surface area contributed by atoms with E-state index in [1.807, 2.05) is 36.7 Å². The molecule has 16 nitrogen and oxygen atoms in total. The normalized spacial score (nSPS) is 12.7. The summed E-state index contributed by atoms with van der Waals surface area (Å²) in [5.41, 5.74) is 3.81. The van der Waals surface area contributed by atoms with Gasteiger partial charge in [0.05, 0.1) is 55.2 Å². The molecule has 3 heterocycles. The summed E-state index contributed by atoms with van der Waals surface area (Å²) in [7, 11) is 2.31. The second kappa shape index (κ2) is 18.5. The molecule has 0 radical (unpaired) electrons. The minimum Gasteiger partial charge on any atom is -0.493 e. The zero-order valence-electron chi connectivity index (χ0n) is 30.2. The van der Waals surface area contributed by atoms with E-state index in [1.54, 1.807) is 42.7 Å². The quantitative estimate of drug-likeness (QED) is 0.218. The van der Waals surface area contributed by atoms with Gasteiger partial charge in [-0.05, 0) is 59.7 Å². The summed E-state index contributed by atoms with van der Waals surface area (Å²) in [5, 5.41) is 0. The molecule has 1 saturated heterocycles. The number of rotatable bonds is 10. The Hall–Kier alpha value is -5.04. The molecule has 1 aliphatic rings. The molecule has 52 heavy (non-hydrogen) atoms. The second-order valence-corrected chi connectivity index (χ2v) is 14.0. The molecule has 2 N–H and O–H groups in total. The van der Waals surface area contributed by atoms with Gasteiger partial charge in [-0.25, -0.2) is 9.97 Å². The number of piperazine rings is 1. The van der Waals surface area contributed by atoms with Crippen LogP contribution in [0.1, 0.15) is 0 Å². The standard InChI is InChI=1S/C32H36N4O6.2CH4O3S/c1-37-25-15-23(16-26(38-2)31(25)41-5)21-7-9-29(33-19-21)35-11-13-36(14-12-35)30-10-8-22(20-34-30)24-17-27(39-3)32(42-6)28(18-24)40-4;2*1-5(2,3)4/h7-10,15-20H,11-14H2,1-6H3;2*1H3,(H,2,3,4). The van der Waals surface area contributed by atoms with Gasteiger partial charge in [-0.15, -0.1) is 0 Å². The summed E-state index contributed by atoms with van der Waals surface area (Å²) in [6.45, 7) is 3.36. The van der Waals surface area contributed by atoms with Crippen LogP contribution >= 0.6 is 0 Å². The van der Waals surface area contributed by atoms with E-state index in [-0.39, 0.29) is 0 Å². The first-order chi connectivity index (χ1) is 24.5. The Labute approximate surface area is 304 Å². The lowest BCUT2D eigenvalue weighted by atomic mass is 10.1.